The first kappa shape index (κ1) is 24.9. The number of para-hydroxylation sites is 1. The molecule has 1 fully saturated rings. The lowest BCUT2D eigenvalue weighted by molar-refractivity contribution is -0.224. The molecular formula is C24H32FN3O5S. The van der Waals surface area contributed by atoms with E-state index in [4.69, 9.17) is 14.2 Å². The van der Waals surface area contributed by atoms with Crippen molar-refractivity contribution < 1.29 is 27.0 Å². The minimum absolute atomic E-state index is 0.0385. The van der Waals surface area contributed by atoms with Gasteiger partial charge in [0.25, 0.3) is 0 Å². The van der Waals surface area contributed by atoms with E-state index in [0.717, 1.165) is 32.7 Å². The number of methoxy groups -OCH3 is 3. The molecule has 2 aliphatic rings. The van der Waals surface area contributed by atoms with Crippen LogP contribution in [0.5, 0.6) is 5.75 Å². The average molecular weight is 494 g/mol. The van der Waals surface area contributed by atoms with Crippen LogP contribution in [0.2, 0.25) is 0 Å². The van der Waals surface area contributed by atoms with Gasteiger partial charge in [-0.25, -0.2) is 12.8 Å². The predicted molar refractivity (Wildman–Crippen MR) is 127 cm³/mol. The van der Waals surface area contributed by atoms with Crippen LogP contribution < -0.4 is 9.64 Å². The third-order valence-electron chi connectivity index (χ3n) is 6.70. The highest BCUT2D eigenvalue weighted by Crippen LogP contribution is 2.44. The largest absolute Gasteiger partial charge is 0.496 e. The van der Waals surface area contributed by atoms with E-state index < -0.39 is 15.8 Å². The van der Waals surface area contributed by atoms with Crippen molar-refractivity contribution in [1.82, 2.24) is 9.21 Å². The molecule has 0 atom stereocenters. The minimum Gasteiger partial charge on any atom is -0.496 e. The SMILES string of the molecule is COc1cccc2c1C(OC)(OC)CN(CCCN1CCN(c3ccccc3F)CC1)S2(=O)=O. The molecule has 34 heavy (non-hydrogen) atoms. The number of hydrogen-bond donors (Lipinski definition) is 0. The quantitative estimate of drug-likeness (QED) is 0.524. The van der Waals surface area contributed by atoms with Crippen LogP contribution in [0.1, 0.15) is 12.0 Å². The molecule has 0 bridgehead atoms. The van der Waals surface area contributed by atoms with Gasteiger partial charge in [-0.2, -0.15) is 4.31 Å². The van der Waals surface area contributed by atoms with Gasteiger partial charge in [0, 0.05) is 46.9 Å². The lowest BCUT2D eigenvalue weighted by atomic mass is 10.0. The minimum atomic E-state index is -3.73. The Hall–Kier alpha value is -2.24. The normalized spacial score (nSPS) is 20.2. The predicted octanol–water partition coefficient (Wildman–Crippen LogP) is 2.50. The van der Waals surface area contributed by atoms with E-state index >= 15 is 0 Å². The van der Waals surface area contributed by atoms with Crippen molar-refractivity contribution in [1.29, 1.82) is 0 Å². The van der Waals surface area contributed by atoms with Gasteiger partial charge in [0.2, 0.25) is 15.8 Å². The smallest absolute Gasteiger partial charge is 0.243 e. The third kappa shape index (κ3) is 4.52. The van der Waals surface area contributed by atoms with Gasteiger partial charge < -0.3 is 19.1 Å². The summed E-state index contributed by atoms with van der Waals surface area (Å²) in [7, 11) is 0.772. The molecule has 0 aromatic heterocycles. The Morgan fingerprint density at radius 1 is 0.941 bits per heavy atom. The Labute approximate surface area is 200 Å². The van der Waals surface area contributed by atoms with Gasteiger partial charge in [-0.05, 0) is 37.2 Å². The summed E-state index contributed by atoms with van der Waals surface area (Å²) < 4.78 is 59.2. The molecule has 2 aromatic rings. The van der Waals surface area contributed by atoms with Crippen molar-refractivity contribution >= 4 is 15.7 Å². The maximum Gasteiger partial charge on any atom is 0.243 e. The molecule has 2 aliphatic heterocycles. The Balaban J connectivity index is 1.41. The molecule has 0 N–H and O–H groups in total. The number of rotatable bonds is 8. The Morgan fingerprint density at radius 2 is 1.65 bits per heavy atom. The third-order valence-corrected chi connectivity index (χ3v) is 8.59. The average Bonchev–Trinajstić information content (AvgIpc) is 2.86. The van der Waals surface area contributed by atoms with Crippen LogP contribution in [-0.2, 0) is 25.3 Å². The van der Waals surface area contributed by atoms with Crippen LogP contribution in [0.3, 0.4) is 0 Å². The number of nitrogens with zero attached hydrogens (tertiary/aromatic N) is 3. The number of benzene rings is 2. The topological polar surface area (TPSA) is 71.6 Å². The number of sulfonamides is 1. The van der Waals surface area contributed by atoms with Crippen molar-refractivity contribution in [3.8, 4) is 5.75 Å². The van der Waals surface area contributed by atoms with E-state index in [0.29, 0.717) is 30.0 Å². The van der Waals surface area contributed by atoms with E-state index in [1.165, 1.54) is 31.7 Å². The molecule has 186 valence electrons. The number of hydrogen-bond acceptors (Lipinski definition) is 7. The lowest BCUT2D eigenvalue weighted by Crippen LogP contribution is -2.52. The molecule has 8 nitrogen and oxygen atoms in total. The van der Waals surface area contributed by atoms with Crippen molar-refractivity contribution in [2.45, 2.75) is 17.1 Å². The Bertz CT molecular complexity index is 1100. The second-order valence-corrected chi connectivity index (χ2v) is 10.4. The van der Waals surface area contributed by atoms with E-state index in [1.54, 1.807) is 30.3 Å². The highest BCUT2D eigenvalue weighted by molar-refractivity contribution is 7.89. The van der Waals surface area contributed by atoms with E-state index in [-0.39, 0.29) is 17.3 Å². The summed E-state index contributed by atoms with van der Waals surface area (Å²) in [6.45, 7) is 4.16. The molecule has 10 heteroatoms. The van der Waals surface area contributed by atoms with Crippen LogP contribution in [-0.4, -0.2) is 84.8 Å². The standard InChI is InChI=1S/C24H32FN3O5S/c1-31-21-10-6-11-22-23(21)24(32-2,33-3)18-28(34(22,29)30)13-7-12-26-14-16-27(17-15-26)20-9-5-4-8-19(20)25/h4-6,8-11H,7,12-18H2,1-3H3. The molecule has 0 aliphatic carbocycles. The summed E-state index contributed by atoms with van der Waals surface area (Å²) in [5, 5.41) is 0. The van der Waals surface area contributed by atoms with Gasteiger partial charge in [-0.3, -0.25) is 4.90 Å². The van der Waals surface area contributed by atoms with Gasteiger partial charge in [0.1, 0.15) is 11.6 Å². The van der Waals surface area contributed by atoms with Crippen molar-refractivity contribution in [2.24, 2.45) is 0 Å². The monoisotopic (exact) mass is 493 g/mol. The fraction of sp³-hybridized carbons (Fsp3) is 0.500. The second kappa shape index (κ2) is 10.2. The van der Waals surface area contributed by atoms with Crippen molar-refractivity contribution in [2.75, 3.05) is 72.0 Å². The van der Waals surface area contributed by atoms with Crippen LogP contribution in [0.15, 0.2) is 47.4 Å². The summed E-state index contributed by atoms with van der Waals surface area (Å²) in [6, 6.07) is 11.7. The van der Waals surface area contributed by atoms with Gasteiger partial charge >= 0.3 is 0 Å². The van der Waals surface area contributed by atoms with Gasteiger partial charge in [-0.15, -0.1) is 0 Å². The number of fused-ring (bicyclic) bond motifs is 1. The van der Waals surface area contributed by atoms with E-state index in [9.17, 15) is 12.8 Å². The Morgan fingerprint density at radius 3 is 2.29 bits per heavy atom. The van der Waals surface area contributed by atoms with Crippen molar-refractivity contribution in [3.05, 3.63) is 53.8 Å². The van der Waals surface area contributed by atoms with E-state index in [1.807, 2.05) is 6.07 Å². The summed E-state index contributed by atoms with van der Waals surface area (Å²) in [4.78, 5) is 4.47. The number of halogens is 1. The molecule has 0 amide bonds. The molecular weight excluding hydrogens is 461 g/mol. The first-order valence-corrected chi connectivity index (χ1v) is 12.8. The number of ether oxygens (including phenoxy) is 3. The highest BCUT2D eigenvalue weighted by Gasteiger charge is 2.49. The van der Waals surface area contributed by atoms with Gasteiger partial charge in [0.05, 0.1) is 29.8 Å². The maximum atomic E-state index is 14.1. The zero-order chi connectivity index (χ0) is 24.3. The molecule has 0 spiro atoms. The molecule has 0 radical (unpaired) electrons. The van der Waals surface area contributed by atoms with Crippen LogP contribution >= 0.6 is 0 Å². The first-order valence-electron chi connectivity index (χ1n) is 11.4. The summed E-state index contributed by atoms with van der Waals surface area (Å²) in [5.41, 5.74) is 1.02. The molecule has 2 aromatic carbocycles. The fourth-order valence-corrected chi connectivity index (χ4v) is 6.57. The summed E-state index contributed by atoms with van der Waals surface area (Å²) >= 11 is 0. The molecule has 4 rings (SSSR count). The van der Waals surface area contributed by atoms with Crippen molar-refractivity contribution in [3.63, 3.8) is 0 Å². The molecule has 0 unspecified atom stereocenters. The zero-order valence-corrected chi connectivity index (χ0v) is 20.7. The van der Waals surface area contributed by atoms with Crippen LogP contribution in [0, 0.1) is 5.82 Å². The van der Waals surface area contributed by atoms with Crippen LogP contribution in [0.4, 0.5) is 10.1 Å². The molecule has 1 saturated heterocycles. The zero-order valence-electron chi connectivity index (χ0n) is 19.9. The van der Waals surface area contributed by atoms with Crippen LogP contribution in [0.25, 0.3) is 0 Å². The molecule has 0 saturated carbocycles. The van der Waals surface area contributed by atoms with E-state index in [2.05, 4.69) is 9.80 Å². The Kier molecular flexibility index (Phi) is 7.44. The fourth-order valence-electron chi connectivity index (χ4n) is 4.81. The highest BCUT2D eigenvalue weighted by atomic mass is 32.2. The molecule has 2 heterocycles. The summed E-state index contributed by atoms with van der Waals surface area (Å²) in [5.74, 6) is -1.04. The first-order chi connectivity index (χ1) is 16.4. The second-order valence-electron chi connectivity index (χ2n) is 8.47. The number of anilines is 1. The maximum absolute atomic E-state index is 14.1. The van der Waals surface area contributed by atoms with Gasteiger partial charge in [0.15, 0.2) is 0 Å². The van der Waals surface area contributed by atoms with Gasteiger partial charge in [-0.1, -0.05) is 18.2 Å². The lowest BCUT2D eigenvalue weighted by Gasteiger charge is -2.42. The number of piperazine rings is 1. The summed E-state index contributed by atoms with van der Waals surface area (Å²) in [6.07, 6.45) is 0.655.